The second-order valence-electron chi connectivity index (χ2n) is 5.39. The summed E-state index contributed by atoms with van der Waals surface area (Å²) in [4.78, 5) is 11.3. The maximum Gasteiger partial charge on any atom is 0.309 e. The molecule has 17 heavy (non-hydrogen) atoms. The molecular weight excluding hydrogens is 220 g/mol. The molecule has 0 radical (unpaired) electrons. The summed E-state index contributed by atoms with van der Waals surface area (Å²) in [6, 6.07) is 0. The number of carbonyl (C=O) groups is 1. The molecule has 0 aromatic carbocycles. The molecule has 0 saturated carbocycles. The van der Waals surface area contributed by atoms with Crippen LogP contribution < -0.4 is 0 Å². The molecule has 1 rings (SSSR count). The summed E-state index contributed by atoms with van der Waals surface area (Å²) < 4.78 is 5.59. The van der Waals surface area contributed by atoms with Gasteiger partial charge in [0.2, 0.25) is 0 Å². The minimum atomic E-state index is -1.10. The van der Waals surface area contributed by atoms with Crippen LogP contribution in [0.5, 0.6) is 0 Å². The van der Waals surface area contributed by atoms with Crippen molar-refractivity contribution in [2.45, 2.75) is 58.2 Å². The van der Waals surface area contributed by atoms with Crippen molar-refractivity contribution in [3.63, 3.8) is 0 Å². The van der Waals surface area contributed by atoms with Crippen LogP contribution in [0.4, 0.5) is 0 Å². The maximum absolute atomic E-state index is 11.3. The normalized spacial score (nSPS) is 31.5. The van der Waals surface area contributed by atoms with Gasteiger partial charge in [-0.1, -0.05) is 27.2 Å². The van der Waals surface area contributed by atoms with Gasteiger partial charge in [-0.2, -0.15) is 0 Å². The van der Waals surface area contributed by atoms with E-state index in [2.05, 4.69) is 0 Å². The van der Waals surface area contributed by atoms with Gasteiger partial charge in [0.25, 0.3) is 0 Å². The fourth-order valence-electron chi connectivity index (χ4n) is 2.55. The summed E-state index contributed by atoms with van der Waals surface area (Å²) >= 11 is 0. The maximum atomic E-state index is 11.3. The van der Waals surface area contributed by atoms with Gasteiger partial charge in [-0.3, -0.25) is 4.79 Å². The quantitative estimate of drug-likeness (QED) is 0.776. The molecule has 3 unspecified atom stereocenters. The van der Waals surface area contributed by atoms with Crippen molar-refractivity contribution in [1.29, 1.82) is 0 Å². The molecule has 1 aliphatic rings. The van der Waals surface area contributed by atoms with Crippen molar-refractivity contribution < 1.29 is 19.7 Å². The predicted octanol–water partition coefficient (Wildman–Crippen LogP) is 2.05. The van der Waals surface area contributed by atoms with Crippen LogP contribution in [0, 0.1) is 11.8 Å². The first-order chi connectivity index (χ1) is 7.90. The zero-order chi connectivity index (χ0) is 13.1. The third-order valence-corrected chi connectivity index (χ3v) is 3.69. The van der Waals surface area contributed by atoms with Crippen LogP contribution in [0.3, 0.4) is 0 Å². The highest BCUT2D eigenvalue weighted by molar-refractivity contribution is 5.71. The van der Waals surface area contributed by atoms with Crippen LogP contribution in [0.25, 0.3) is 0 Å². The van der Waals surface area contributed by atoms with E-state index in [1.165, 1.54) is 0 Å². The Morgan fingerprint density at radius 1 is 1.53 bits per heavy atom. The van der Waals surface area contributed by atoms with Crippen LogP contribution >= 0.6 is 0 Å². The van der Waals surface area contributed by atoms with Crippen molar-refractivity contribution in [1.82, 2.24) is 0 Å². The molecule has 0 spiro atoms. The Bertz CT molecular complexity index is 264. The van der Waals surface area contributed by atoms with Gasteiger partial charge in [-0.15, -0.1) is 0 Å². The molecule has 2 N–H and O–H groups in total. The molecule has 0 bridgehead atoms. The molecule has 4 heteroatoms. The van der Waals surface area contributed by atoms with Crippen molar-refractivity contribution >= 4 is 5.97 Å². The zero-order valence-electron chi connectivity index (χ0n) is 11.0. The van der Waals surface area contributed by atoms with Crippen molar-refractivity contribution in [2.75, 3.05) is 6.61 Å². The van der Waals surface area contributed by atoms with E-state index >= 15 is 0 Å². The lowest BCUT2D eigenvalue weighted by Gasteiger charge is -2.41. The van der Waals surface area contributed by atoms with E-state index in [1.54, 1.807) is 0 Å². The molecule has 1 heterocycles. The van der Waals surface area contributed by atoms with E-state index in [-0.39, 0.29) is 6.10 Å². The van der Waals surface area contributed by atoms with Gasteiger partial charge in [0.05, 0.1) is 17.6 Å². The number of aliphatic hydroxyl groups is 1. The van der Waals surface area contributed by atoms with Gasteiger partial charge in [0.15, 0.2) is 0 Å². The van der Waals surface area contributed by atoms with E-state index < -0.39 is 17.5 Å². The van der Waals surface area contributed by atoms with Crippen LogP contribution in [-0.4, -0.2) is 34.5 Å². The van der Waals surface area contributed by atoms with E-state index in [4.69, 9.17) is 4.74 Å². The van der Waals surface area contributed by atoms with E-state index in [9.17, 15) is 15.0 Å². The Kier molecular flexibility index (Phi) is 4.95. The molecule has 1 saturated heterocycles. The lowest BCUT2D eigenvalue weighted by atomic mass is 9.75. The zero-order valence-corrected chi connectivity index (χ0v) is 11.0. The van der Waals surface area contributed by atoms with Gasteiger partial charge in [0.1, 0.15) is 0 Å². The molecule has 0 aromatic heterocycles. The van der Waals surface area contributed by atoms with E-state index in [0.29, 0.717) is 31.8 Å². The van der Waals surface area contributed by atoms with Crippen molar-refractivity contribution in [3.05, 3.63) is 0 Å². The number of hydrogen-bond acceptors (Lipinski definition) is 3. The Morgan fingerprint density at radius 2 is 2.18 bits per heavy atom. The molecule has 4 nitrogen and oxygen atoms in total. The largest absolute Gasteiger partial charge is 0.481 e. The highest BCUT2D eigenvalue weighted by Gasteiger charge is 2.45. The van der Waals surface area contributed by atoms with Gasteiger partial charge in [-0.25, -0.2) is 0 Å². The topological polar surface area (TPSA) is 66.8 Å². The molecule has 1 fully saturated rings. The van der Waals surface area contributed by atoms with Gasteiger partial charge in [0, 0.05) is 19.4 Å². The number of aliphatic carboxylic acids is 1. The SMILES string of the molecule is CCCC(C(=O)O)C1(O)CCOC(C(C)C)C1. The molecule has 0 aromatic rings. The lowest BCUT2D eigenvalue weighted by molar-refractivity contribution is -0.171. The molecule has 0 aliphatic carbocycles. The smallest absolute Gasteiger partial charge is 0.309 e. The Balaban J connectivity index is 2.79. The molecule has 1 aliphatic heterocycles. The Labute approximate surface area is 103 Å². The molecule has 3 atom stereocenters. The fourth-order valence-corrected chi connectivity index (χ4v) is 2.55. The third kappa shape index (κ3) is 3.42. The number of carboxylic acids is 1. The average Bonchev–Trinajstić information content (AvgIpc) is 2.25. The number of hydrogen-bond donors (Lipinski definition) is 2. The van der Waals surface area contributed by atoms with Crippen molar-refractivity contribution in [2.24, 2.45) is 11.8 Å². The highest BCUT2D eigenvalue weighted by Crippen LogP contribution is 2.36. The van der Waals surface area contributed by atoms with E-state index in [1.807, 2.05) is 20.8 Å². The van der Waals surface area contributed by atoms with Crippen molar-refractivity contribution in [3.8, 4) is 0 Å². The van der Waals surface area contributed by atoms with Gasteiger partial charge in [-0.05, 0) is 12.3 Å². The first kappa shape index (κ1) is 14.5. The number of rotatable bonds is 5. The lowest BCUT2D eigenvalue weighted by Crippen LogP contribution is -2.50. The summed E-state index contributed by atoms with van der Waals surface area (Å²) in [5.74, 6) is -1.26. The molecule has 0 amide bonds. The van der Waals surface area contributed by atoms with Crippen LogP contribution in [-0.2, 0) is 9.53 Å². The Hall–Kier alpha value is -0.610. The fraction of sp³-hybridized carbons (Fsp3) is 0.923. The first-order valence-corrected chi connectivity index (χ1v) is 6.47. The number of carboxylic acid groups (broad SMARTS) is 1. The number of ether oxygens (including phenoxy) is 1. The third-order valence-electron chi connectivity index (χ3n) is 3.69. The predicted molar refractivity (Wildman–Crippen MR) is 64.8 cm³/mol. The highest BCUT2D eigenvalue weighted by atomic mass is 16.5. The van der Waals surface area contributed by atoms with Gasteiger partial charge < -0.3 is 14.9 Å². The minimum Gasteiger partial charge on any atom is -0.481 e. The summed E-state index contributed by atoms with van der Waals surface area (Å²) in [6.45, 7) is 6.46. The minimum absolute atomic E-state index is 0.0348. The molecule has 100 valence electrons. The Morgan fingerprint density at radius 3 is 2.65 bits per heavy atom. The van der Waals surface area contributed by atoms with Crippen LogP contribution in [0.2, 0.25) is 0 Å². The van der Waals surface area contributed by atoms with Crippen LogP contribution in [0.15, 0.2) is 0 Å². The second kappa shape index (κ2) is 5.83. The monoisotopic (exact) mass is 244 g/mol. The average molecular weight is 244 g/mol. The first-order valence-electron chi connectivity index (χ1n) is 6.47. The summed E-state index contributed by atoms with van der Waals surface area (Å²) in [5, 5.41) is 19.8. The summed E-state index contributed by atoms with van der Waals surface area (Å²) in [6.07, 6.45) is 2.12. The summed E-state index contributed by atoms with van der Waals surface area (Å²) in [5.41, 5.74) is -1.10. The summed E-state index contributed by atoms with van der Waals surface area (Å²) in [7, 11) is 0. The molecular formula is C13H24O4. The standard InChI is InChI=1S/C13H24O4/c1-4-5-10(12(14)15)13(16)6-7-17-11(8-13)9(2)3/h9-11,16H,4-8H2,1-3H3,(H,14,15). The van der Waals surface area contributed by atoms with E-state index in [0.717, 1.165) is 6.42 Å². The van der Waals surface area contributed by atoms with Gasteiger partial charge >= 0.3 is 5.97 Å². The second-order valence-corrected chi connectivity index (χ2v) is 5.39. The van der Waals surface area contributed by atoms with Crippen LogP contribution in [0.1, 0.15) is 46.5 Å².